The van der Waals surface area contributed by atoms with Crippen LogP contribution in [-0.4, -0.2) is 22.6 Å². The van der Waals surface area contributed by atoms with Crippen molar-refractivity contribution in [1.82, 2.24) is 9.47 Å². The SMILES string of the molecule is COc1ccc(C2c3cccn3-c3sc4c(c3CN2C(=O)Nc2ccc(C)cc2)CCCC4)cc1. The molecule has 0 bridgehead atoms. The molecule has 0 fully saturated rings. The summed E-state index contributed by atoms with van der Waals surface area (Å²) in [6.07, 6.45) is 6.84. The van der Waals surface area contributed by atoms with E-state index >= 15 is 0 Å². The van der Waals surface area contributed by atoms with Crippen molar-refractivity contribution in [2.45, 2.75) is 45.2 Å². The molecular weight excluding hydrogens is 454 g/mol. The average molecular weight is 484 g/mol. The molecule has 6 heteroatoms. The first kappa shape index (κ1) is 22.0. The molecule has 3 heterocycles. The number of urea groups is 1. The number of aryl methyl sites for hydroxylation is 2. The van der Waals surface area contributed by atoms with Crippen molar-refractivity contribution in [3.63, 3.8) is 0 Å². The Labute approximate surface area is 210 Å². The summed E-state index contributed by atoms with van der Waals surface area (Å²) in [4.78, 5) is 17.4. The molecule has 1 atom stereocenters. The summed E-state index contributed by atoms with van der Waals surface area (Å²) < 4.78 is 7.71. The molecule has 2 aromatic heterocycles. The van der Waals surface area contributed by atoms with Gasteiger partial charge >= 0.3 is 6.03 Å². The number of hydrogen-bond donors (Lipinski definition) is 1. The molecule has 1 aliphatic heterocycles. The third-order valence-corrected chi connectivity index (χ3v) is 8.51. The maximum atomic E-state index is 13.9. The van der Waals surface area contributed by atoms with Gasteiger partial charge in [-0.25, -0.2) is 4.79 Å². The zero-order chi connectivity index (χ0) is 23.9. The standard InChI is InChI=1S/C29H29N3O2S/c1-19-9-13-21(14-10-19)30-29(33)32-18-24-23-6-3-4-8-26(23)35-28(24)31-17-5-7-25(31)27(32)20-11-15-22(34-2)16-12-20/h5,7,9-17,27H,3-4,6,8,18H2,1-2H3,(H,30,33). The van der Waals surface area contributed by atoms with Crippen LogP contribution in [0, 0.1) is 6.92 Å². The lowest BCUT2D eigenvalue weighted by Gasteiger charge is -2.31. The number of rotatable bonds is 3. The lowest BCUT2D eigenvalue weighted by molar-refractivity contribution is 0.194. The second-order valence-electron chi connectivity index (χ2n) is 9.40. The van der Waals surface area contributed by atoms with Crippen molar-refractivity contribution >= 4 is 23.1 Å². The molecule has 1 N–H and O–H groups in total. The van der Waals surface area contributed by atoms with E-state index in [2.05, 4.69) is 47.3 Å². The van der Waals surface area contributed by atoms with Crippen LogP contribution in [0.25, 0.3) is 5.00 Å². The molecule has 0 radical (unpaired) electrons. The second-order valence-corrected chi connectivity index (χ2v) is 10.5. The van der Waals surface area contributed by atoms with Crippen molar-refractivity contribution in [3.05, 3.63) is 99.7 Å². The van der Waals surface area contributed by atoms with Gasteiger partial charge in [0.1, 0.15) is 10.8 Å². The quantitative estimate of drug-likeness (QED) is 0.346. The molecular formula is C29H29N3O2S. The zero-order valence-corrected chi connectivity index (χ0v) is 20.9. The summed E-state index contributed by atoms with van der Waals surface area (Å²) in [5, 5.41) is 4.44. The Balaban J connectivity index is 1.48. The van der Waals surface area contributed by atoms with Crippen molar-refractivity contribution < 1.29 is 9.53 Å². The largest absolute Gasteiger partial charge is 0.497 e. The number of fused-ring (bicyclic) bond motifs is 5. The van der Waals surface area contributed by atoms with Gasteiger partial charge < -0.3 is 19.5 Å². The molecule has 0 saturated heterocycles. The predicted octanol–water partition coefficient (Wildman–Crippen LogP) is 6.87. The summed E-state index contributed by atoms with van der Waals surface area (Å²) in [6.45, 7) is 2.63. The normalized spacial score (nSPS) is 16.6. The Morgan fingerprint density at radius 3 is 2.54 bits per heavy atom. The maximum absolute atomic E-state index is 13.9. The number of hydrogen-bond acceptors (Lipinski definition) is 3. The van der Waals surface area contributed by atoms with E-state index < -0.39 is 0 Å². The van der Waals surface area contributed by atoms with Gasteiger partial charge in [0, 0.05) is 22.3 Å². The highest BCUT2D eigenvalue weighted by Crippen LogP contribution is 2.44. The van der Waals surface area contributed by atoms with Gasteiger partial charge in [0.25, 0.3) is 0 Å². The highest BCUT2D eigenvalue weighted by Gasteiger charge is 2.36. The van der Waals surface area contributed by atoms with E-state index in [1.807, 2.05) is 52.6 Å². The van der Waals surface area contributed by atoms with Gasteiger partial charge in [-0.3, -0.25) is 0 Å². The number of aromatic nitrogens is 1. The van der Waals surface area contributed by atoms with E-state index in [1.165, 1.54) is 39.4 Å². The minimum Gasteiger partial charge on any atom is -0.497 e. The van der Waals surface area contributed by atoms with Crippen LogP contribution < -0.4 is 10.1 Å². The molecule has 4 aromatic rings. The molecule has 2 amide bonds. The molecule has 35 heavy (non-hydrogen) atoms. The number of nitrogens with zero attached hydrogens (tertiary/aromatic N) is 2. The van der Waals surface area contributed by atoms with Gasteiger partial charge in [-0.1, -0.05) is 29.8 Å². The number of ether oxygens (including phenoxy) is 1. The fraction of sp³-hybridized carbons (Fsp3) is 0.276. The highest BCUT2D eigenvalue weighted by molar-refractivity contribution is 7.15. The van der Waals surface area contributed by atoms with E-state index in [-0.39, 0.29) is 12.1 Å². The Bertz CT molecular complexity index is 1370. The minimum absolute atomic E-state index is 0.0916. The predicted molar refractivity (Wildman–Crippen MR) is 141 cm³/mol. The van der Waals surface area contributed by atoms with Crippen LogP contribution in [0.15, 0.2) is 66.9 Å². The summed E-state index contributed by atoms with van der Waals surface area (Å²) >= 11 is 1.91. The smallest absolute Gasteiger partial charge is 0.322 e. The number of anilines is 1. The molecule has 2 aromatic carbocycles. The minimum atomic E-state index is -0.222. The maximum Gasteiger partial charge on any atom is 0.322 e. The van der Waals surface area contributed by atoms with Crippen LogP contribution in [0.4, 0.5) is 10.5 Å². The number of carbonyl (C=O) groups is 1. The van der Waals surface area contributed by atoms with Gasteiger partial charge in [-0.2, -0.15) is 0 Å². The Morgan fingerprint density at radius 1 is 1.00 bits per heavy atom. The van der Waals surface area contributed by atoms with Crippen molar-refractivity contribution in [1.29, 1.82) is 0 Å². The third kappa shape index (κ3) is 3.92. The van der Waals surface area contributed by atoms with Gasteiger partial charge in [0.2, 0.25) is 0 Å². The van der Waals surface area contributed by atoms with Gasteiger partial charge in [0.15, 0.2) is 0 Å². The first-order valence-electron chi connectivity index (χ1n) is 12.2. The Kier molecular flexibility index (Phi) is 5.61. The zero-order valence-electron chi connectivity index (χ0n) is 20.1. The molecule has 6 rings (SSSR count). The van der Waals surface area contributed by atoms with Crippen molar-refractivity contribution in [3.8, 4) is 10.8 Å². The molecule has 0 saturated carbocycles. The molecule has 1 unspecified atom stereocenters. The number of benzene rings is 2. The summed E-state index contributed by atoms with van der Waals surface area (Å²) in [5.41, 5.74) is 6.90. The third-order valence-electron chi connectivity index (χ3n) is 7.17. The van der Waals surface area contributed by atoms with Crippen LogP contribution in [0.1, 0.15) is 51.7 Å². The van der Waals surface area contributed by atoms with E-state index in [0.717, 1.165) is 35.5 Å². The lowest BCUT2D eigenvalue weighted by atomic mass is 9.95. The molecule has 0 spiro atoms. The van der Waals surface area contributed by atoms with Crippen molar-refractivity contribution in [2.75, 3.05) is 12.4 Å². The van der Waals surface area contributed by atoms with Crippen LogP contribution in [0.2, 0.25) is 0 Å². The fourth-order valence-electron chi connectivity index (χ4n) is 5.36. The number of methoxy groups -OCH3 is 1. The first-order chi connectivity index (χ1) is 17.1. The van der Waals surface area contributed by atoms with Gasteiger partial charge in [-0.15, -0.1) is 11.3 Å². The van der Waals surface area contributed by atoms with Crippen LogP contribution in [0.5, 0.6) is 5.75 Å². The number of amides is 2. The average Bonchev–Trinajstić information content (AvgIpc) is 3.47. The number of nitrogens with one attached hydrogen (secondary N) is 1. The molecule has 5 nitrogen and oxygen atoms in total. The molecule has 1 aliphatic carbocycles. The Hall–Kier alpha value is -3.51. The number of thiophene rings is 1. The molecule has 2 aliphatic rings. The fourth-order valence-corrected chi connectivity index (χ4v) is 6.76. The van der Waals surface area contributed by atoms with Gasteiger partial charge in [-0.05, 0) is 80.1 Å². The number of carbonyl (C=O) groups excluding carboxylic acids is 1. The second kappa shape index (κ2) is 8.93. The van der Waals surface area contributed by atoms with Gasteiger partial charge in [0.05, 0.1) is 25.4 Å². The molecule has 178 valence electrons. The topological polar surface area (TPSA) is 46.5 Å². The van der Waals surface area contributed by atoms with E-state index in [4.69, 9.17) is 4.74 Å². The highest BCUT2D eigenvalue weighted by atomic mass is 32.1. The first-order valence-corrected chi connectivity index (χ1v) is 13.0. The summed E-state index contributed by atoms with van der Waals surface area (Å²) in [6, 6.07) is 20.0. The van der Waals surface area contributed by atoms with Crippen molar-refractivity contribution in [2.24, 2.45) is 0 Å². The summed E-state index contributed by atoms with van der Waals surface area (Å²) in [5.74, 6) is 0.807. The Morgan fingerprint density at radius 2 is 1.77 bits per heavy atom. The van der Waals surface area contributed by atoms with Crippen LogP contribution >= 0.6 is 11.3 Å². The van der Waals surface area contributed by atoms with E-state index in [1.54, 1.807) is 7.11 Å². The lowest BCUT2D eigenvalue weighted by Crippen LogP contribution is -2.38. The summed E-state index contributed by atoms with van der Waals surface area (Å²) in [7, 11) is 1.67. The van der Waals surface area contributed by atoms with Crippen LogP contribution in [-0.2, 0) is 19.4 Å². The van der Waals surface area contributed by atoms with E-state index in [0.29, 0.717) is 6.54 Å². The monoisotopic (exact) mass is 483 g/mol. The van der Waals surface area contributed by atoms with Crippen LogP contribution in [0.3, 0.4) is 0 Å². The van der Waals surface area contributed by atoms with E-state index in [9.17, 15) is 4.79 Å².